The number of carboxylic acid groups (broad SMARTS) is 1. The van der Waals surface area contributed by atoms with Crippen molar-refractivity contribution < 1.29 is 24.2 Å². The van der Waals surface area contributed by atoms with Gasteiger partial charge < -0.3 is 15.2 Å². The van der Waals surface area contributed by atoms with Gasteiger partial charge >= 0.3 is 11.9 Å². The quantitative estimate of drug-likeness (QED) is 0.0372. The van der Waals surface area contributed by atoms with Gasteiger partial charge in [-0.25, -0.2) is 0 Å². The van der Waals surface area contributed by atoms with Gasteiger partial charge in [0.25, 0.3) is 0 Å². The summed E-state index contributed by atoms with van der Waals surface area (Å²) in [5, 5.41) is 11.1. The molecule has 1 unspecified atom stereocenters. The fraction of sp³-hybridized carbons (Fsp3) is 0.723. The lowest BCUT2D eigenvalue weighted by molar-refractivity contribution is -0.150. The second-order valence-electron chi connectivity index (χ2n) is 14.6. The first-order valence-electron chi connectivity index (χ1n) is 21.9. The maximum atomic E-state index is 12.7. The monoisotopic (exact) mass is 740 g/mol. The summed E-state index contributed by atoms with van der Waals surface area (Å²) in [5.74, 6) is -1.25. The SMILES string of the molecule is CC/C=C\C/C=C\C/C=C\C/C=C\C/C=C\CCCCCCCC(=O)OC(CCCCCCCCCCCC)CCCCCCCC(=O)NCC(=O)O. The largest absolute Gasteiger partial charge is 0.480 e. The number of nitrogens with one attached hydrogen (secondary N) is 1. The number of hydrogen-bond donors (Lipinski definition) is 2. The van der Waals surface area contributed by atoms with Gasteiger partial charge in [-0.2, -0.15) is 0 Å². The van der Waals surface area contributed by atoms with Crippen LogP contribution in [0, 0.1) is 0 Å². The highest BCUT2D eigenvalue weighted by molar-refractivity contribution is 5.80. The summed E-state index contributed by atoms with van der Waals surface area (Å²) >= 11 is 0. The average molecular weight is 740 g/mol. The van der Waals surface area contributed by atoms with Gasteiger partial charge in [0.1, 0.15) is 12.6 Å². The minimum Gasteiger partial charge on any atom is -0.480 e. The van der Waals surface area contributed by atoms with Crippen LogP contribution in [0.4, 0.5) is 0 Å². The van der Waals surface area contributed by atoms with Crippen LogP contribution in [0.5, 0.6) is 0 Å². The van der Waals surface area contributed by atoms with Crippen LogP contribution < -0.4 is 5.32 Å². The second-order valence-corrected chi connectivity index (χ2v) is 14.6. The molecule has 6 heteroatoms. The zero-order valence-electron chi connectivity index (χ0n) is 34.4. The van der Waals surface area contributed by atoms with Crippen LogP contribution in [0.3, 0.4) is 0 Å². The first-order valence-corrected chi connectivity index (χ1v) is 21.9. The predicted molar refractivity (Wildman–Crippen MR) is 226 cm³/mol. The smallest absolute Gasteiger partial charge is 0.322 e. The van der Waals surface area contributed by atoms with Crippen molar-refractivity contribution in [1.82, 2.24) is 5.32 Å². The molecule has 0 aliphatic carbocycles. The molecule has 0 aliphatic heterocycles. The Morgan fingerprint density at radius 2 is 0.925 bits per heavy atom. The van der Waals surface area contributed by atoms with Gasteiger partial charge in [-0.3, -0.25) is 14.4 Å². The third-order valence-electron chi connectivity index (χ3n) is 9.45. The molecule has 0 rings (SSSR count). The van der Waals surface area contributed by atoms with Gasteiger partial charge in [-0.1, -0.05) is 171 Å². The van der Waals surface area contributed by atoms with Gasteiger partial charge in [-0.05, 0) is 83.5 Å². The molecule has 0 fully saturated rings. The maximum Gasteiger partial charge on any atom is 0.322 e. The zero-order valence-corrected chi connectivity index (χ0v) is 34.4. The molecule has 0 bridgehead atoms. The molecule has 0 radical (unpaired) electrons. The van der Waals surface area contributed by atoms with Crippen LogP contribution in [0.1, 0.15) is 206 Å². The summed E-state index contributed by atoms with van der Waals surface area (Å²) in [6.45, 7) is 4.11. The van der Waals surface area contributed by atoms with Crippen LogP contribution in [0.15, 0.2) is 60.8 Å². The minimum atomic E-state index is -1.02. The Kier molecular flexibility index (Phi) is 39.6. The van der Waals surface area contributed by atoms with E-state index >= 15 is 0 Å². The first kappa shape index (κ1) is 50.1. The number of hydrogen-bond acceptors (Lipinski definition) is 4. The van der Waals surface area contributed by atoms with Crippen LogP contribution in [-0.4, -0.2) is 35.6 Å². The van der Waals surface area contributed by atoms with Crippen molar-refractivity contribution in [3.63, 3.8) is 0 Å². The second kappa shape index (κ2) is 41.9. The summed E-state index contributed by atoms with van der Waals surface area (Å²) in [5.41, 5.74) is 0. The van der Waals surface area contributed by atoms with E-state index in [4.69, 9.17) is 9.84 Å². The number of unbranched alkanes of at least 4 members (excludes halogenated alkanes) is 18. The number of aliphatic carboxylic acids is 1. The number of carboxylic acids is 1. The van der Waals surface area contributed by atoms with E-state index in [2.05, 4.69) is 79.9 Å². The molecule has 0 spiro atoms. The lowest BCUT2D eigenvalue weighted by Crippen LogP contribution is -2.28. The number of ether oxygens (including phenoxy) is 1. The fourth-order valence-electron chi connectivity index (χ4n) is 6.25. The molecule has 0 aromatic rings. The molecule has 1 amide bonds. The first-order chi connectivity index (χ1) is 26.0. The predicted octanol–water partition coefficient (Wildman–Crippen LogP) is 13.6. The highest BCUT2D eigenvalue weighted by Gasteiger charge is 2.14. The standard InChI is InChI=1S/C47H81NO5/c1-3-5-7-9-11-13-15-16-17-18-19-20-21-22-23-24-25-27-29-34-38-42-47(52)53-44(39-35-31-28-26-14-12-10-8-6-4-2)40-36-32-30-33-37-41-45(49)48-43-46(50)51/h5,7,11,13,16-17,19-20,22-23,44H,3-4,6,8-10,12,14-15,18,21,24-43H2,1-2H3,(H,48,49)(H,50,51)/b7-5-,13-11-,17-16-,20-19-,23-22-. The Labute approximate surface area is 326 Å². The van der Waals surface area contributed by atoms with Crippen molar-refractivity contribution in [2.75, 3.05) is 6.54 Å². The van der Waals surface area contributed by atoms with Crippen molar-refractivity contribution in [1.29, 1.82) is 0 Å². The molecule has 0 aromatic heterocycles. The minimum absolute atomic E-state index is 0.0156. The van der Waals surface area contributed by atoms with E-state index < -0.39 is 5.97 Å². The summed E-state index contributed by atoms with van der Waals surface area (Å²) in [7, 11) is 0. The summed E-state index contributed by atoms with van der Waals surface area (Å²) in [6.07, 6.45) is 54.9. The van der Waals surface area contributed by atoms with Crippen molar-refractivity contribution in [2.24, 2.45) is 0 Å². The Hall–Kier alpha value is -2.89. The molecule has 2 N–H and O–H groups in total. The Morgan fingerprint density at radius 1 is 0.509 bits per heavy atom. The number of rotatable bonds is 39. The van der Waals surface area contributed by atoms with E-state index in [-0.39, 0.29) is 24.5 Å². The van der Waals surface area contributed by atoms with E-state index in [1.807, 2.05) is 0 Å². The van der Waals surface area contributed by atoms with Crippen LogP contribution >= 0.6 is 0 Å². The lowest BCUT2D eigenvalue weighted by atomic mass is 10.0. The average Bonchev–Trinajstić information content (AvgIpc) is 3.14. The number of carbonyl (C=O) groups is 3. The van der Waals surface area contributed by atoms with Gasteiger partial charge in [0.15, 0.2) is 0 Å². The van der Waals surface area contributed by atoms with Crippen molar-refractivity contribution in [3.8, 4) is 0 Å². The summed E-state index contributed by atoms with van der Waals surface area (Å²) < 4.78 is 6.02. The molecular formula is C47H81NO5. The summed E-state index contributed by atoms with van der Waals surface area (Å²) in [6, 6.07) is 0. The molecule has 0 saturated heterocycles. The Balaban J connectivity index is 4.14. The molecule has 0 heterocycles. The van der Waals surface area contributed by atoms with Crippen molar-refractivity contribution in [2.45, 2.75) is 213 Å². The molecule has 1 atom stereocenters. The molecule has 0 aromatic carbocycles. The van der Waals surface area contributed by atoms with Crippen LogP contribution in [-0.2, 0) is 19.1 Å². The van der Waals surface area contributed by atoms with Gasteiger partial charge in [0.2, 0.25) is 5.91 Å². The number of amides is 1. The third-order valence-corrected chi connectivity index (χ3v) is 9.45. The third kappa shape index (κ3) is 41.7. The van der Waals surface area contributed by atoms with Crippen LogP contribution in [0.2, 0.25) is 0 Å². The maximum absolute atomic E-state index is 12.7. The zero-order chi connectivity index (χ0) is 38.7. The highest BCUT2D eigenvalue weighted by atomic mass is 16.5. The summed E-state index contributed by atoms with van der Waals surface area (Å²) in [4.78, 5) is 35.0. The van der Waals surface area contributed by atoms with Crippen molar-refractivity contribution in [3.05, 3.63) is 60.8 Å². The molecule has 6 nitrogen and oxygen atoms in total. The number of esters is 1. The van der Waals surface area contributed by atoms with Gasteiger partial charge in [0, 0.05) is 12.8 Å². The molecule has 0 aliphatic rings. The number of allylic oxidation sites excluding steroid dienone is 10. The van der Waals surface area contributed by atoms with Gasteiger partial charge in [-0.15, -0.1) is 0 Å². The van der Waals surface area contributed by atoms with E-state index in [9.17, 15) is 14.4 Å². The fourth-order valence-corrected chi connectivity index (χ4v) is 6.25. The molecule has 53 heavy (non-hydrogen) atoms. The van der Waals surface area contributed by atoms with Crippen LogP contribution in [0.25, 0.3) is 0 Å². The Bertz CT molecular complexity index is 995. The highest BCUT2D eigenvalue weighted by Crippen LogP contribution is 2.19. The van der Waals surface area contributed by atoms with E-state index in [1.54, 1.807) is 0 Å². The molecule has 0 saturated carbocycles. The van der Waals surface area contributed by atoms with E-state index in [0.29, 0.717) is 12.8 Å². The van der Waals surface area contributed by atoms with Gasteiger partial charge in [0.05, 0.1) is 0 Å². The Morgan fingerprint density at radius 3 is 1.42 bits per heavy atom. The molecular weight excluding hydrogens is 659 g/mol. The van der Waals surface area contributed by atoms with E-state index in [0.717, 1.165) is 103 Å². The molecule has 304 valence electrons. The normalized spacial score (nSPS) is 12.6. The number of carbonyl (C=O) groups excluding carboxylic acids is 2. The van der Waals surface area contributed by atoms with E-state index in [1.165, 1.54) is 77.0 Å². The van der Waals surface area contributed by atoms with Crippen molar-refractivity contribution >= 4 is 17.8 Å². The lowest BCUT2D eigenvalue weighted by Gasteiger charge is -2.18. The topological polar surface area (TPSA) is 92.7 Å².